The first kappa shape index (κ1) is 35.1. The average molecular weight is 665 g/mol. The number of aliphatic hydroxyl groups is 1. The molecule has 1 unspecified atom stereocenters. The molecule has 2 amide bonds. The molecule has 2 heterocycles. The lowest BCUT2D eigenvalue weighted by atomic mass is 9.78. The number of nitrogens with zero attached hydrogens (tertiary/aromatic N) is 3. The van der Waals surface area contributed by atoms with Gasteiger partial charge in [-0.25, -0.2) is 9.78 Å². The van der Waals surface area contributed by atoms with E-state index < -0.39 is 6.10 Å². The molecule has 1 atom stereocenters. The number of amides is 2. The number of nitrogens with two attached hydrogens (primary N) is 1. The molecule has 1 saturated heterocycles. The molecular weight excluding hydrogens is 612 g/mol. The quantitative estimate of drug-likeness (QED) is 0.267. The van der Waals surface area contributed by atoms with E-state index in [9.17, 15) is 14.7 Å². The molecule has 0 bridgehead atoms. The third-order valence-corrected chi connectivity index (χ3v) is 11.6. The van der Waals surface area contributed by atoms with Crippen molar-refractivity contribution in [1.29, 1.82) is 0 Å². The van der Waals surface area contributed by atoms with Gasteiger partial charge >= 0.3 is 6.09 Å². The number of aryl methyl sites for hydroxylation is 1. The molecule has 9 nitrogen and oxygen atoms in total. The molecule has 47 heavy (non-hydrogen) atoms. The Morgan fingerprint density at radius 3 is 2.45 bits per heavy atom. The Balaban J connectivity index is 1.28. The standard InChI is InChI=1S/C37H52N4O5S/c1-5-25(3)47-34(20-38)30-16-17-39-35(19-30)41(21-26-6-8-27(9-7-26)29-12-15-33(45-4)24(2)18-29)36(43)28-10-13-32(14-11-28)46-37(44)40-22-31(42)23-40/h12,15-20,25-28,31-32,42H,5-11,13-14,21-23,38H2,1-4H3/b34-20-. The Hall–Kier alpha value is -3.24. The summed E-state index contributed by atoms with van der Waals surface area (Å²) in [6, 6.07) is 10.5. The number of ether oxygens (including phenoxy) is 2. The monoisotopic (exact) mass is 664 g/mol. The first-order valence-electron chi connectivity index (χ1n) is 17.3. The van der Waals surface area contributed by atoms with Crippen molar-refractivity contribution < 1.29 is 24.2 Å². The van der Waals surface area contributed by atoms with Gasteiger partial charge in [0.25, 0.3) is 0 Å². The number of anilines is 1. The first-order valence-corrected chi connectivity index (χ1v) is 18.2. The van der Waals surface area contributed by atoms with Crippen molar-refractivity contribution >= 4 is 34.5 Å². The van der Waals surface area contributed by atoms with Crippen LogP contribution in [0.3, 0.4) is 0 Å². The van der Waals surface area contributed by atoms with Crippen LogP contribution >= 0.6 is 11.8 Å². The molecule has 256 valence electrons. The van der Waals surface area contributed by atoms with Crippen LogP contribution in [0.1, 0.15) is 94.2 Å². The van der Waals surface area contributed by atoms with Gasteiger partial charge in [0, 0.05) is 35.0 Å². The van der Waals surface area contributed by atoms with E-state index in [-0.39, 0.29) is 24.0 Å². The first-order chi connectivity index (χ1) is 22.7. The zero-order valence-electron chi connectivity index (χ0n) is 28.4. The molecule has 1 aromatic carbocycles. The SMILES string of the molecule is CCC(C)S/C(=C\N)c1ccnc(N(CC2CCC(c3ccc(OC)c(C)c3)CC2)C(=O)C2CCC(OC(=O)N3CC(O)C3)CC2)c1. The highest BCUT2D eigenvalue weighted by atomic mass is 32.2. The van der Waals surface area contributed by atoms with Gasteiger partial charge in [-0.3, -0.25) is 9.69 Å². The molecule has 2 saturated carbocycles. The number of pyridine rings is 1. The molecular formula is C37H52N4O5S. The highest BCUT2D eigenvalue weighted by Gasteiger charge is 2.36. The van der Waals surface area contributed by atoms with E-state index in [0.29, 0.717) is 68.2 Å². The second kappa shape index (κ2) is 16.2. The second-order valence-corrected chi connectivity index (χ2v) is 15.1. The molecule has 3 aliphatic rings. The van der Waals surface area contributed by atoms with Crippen molar-refractivity contribution in [3.8, 4) is 5.75 Å². The zero-order valence-corrected chi connectivity index (χ0v) is 29.2. The highest BCUT2D eigenvalue weighted by Crippen LogP contribution is 2.39. The number of hydrogen-bond donors (Lipinski definition) is 2. The maximum atomic E-state index is 14.3. The van der Waals surface area contributed by atoms with Crippen LogP contribution in [0.15, 0.2) is 42.7 Å². The van der Waals surface area contributed by atoms with Gasteiger partial charge in [0.1, 0.15) is 17.7 Å². The van der Waals surface area contributed by atoms with E-state index in [1.807, 2.05) is 17.0 Å². The van der Waals surface area contributed by atoms with Crippen molar-refractivity contribution in [3.05, 3.63) is 59.4 Å². The number of methoxy groups -OCH3 is 1. The number of benzene rings is 1. The Kier molecular flexibility index (Phi) is 12.1. The van der Waals surface area contributed by atoms with Crippen LogP contribution in [0.25, 0.3) is 4.91 Å². The van der Waals surface area contributed by atoms with E-state index in [0.717, 1.165) is 53.9 Å². The number of carbonyl (C=O) groups excluding carboxylic acids is 2. The Morgan fingerprint density at radius 1 is 1.11 bits per heavy atom. The summed E-state index contributed by atoms with van der Waals surface area (Å²) < 4.78 is 11.2. The molecule has 0 radical (unpaired) electrons. The molecule has 0 spiro atoms. The van der Waals surface area contributed by atoms with Crippen LogP contribution in [-0.4, -0.2) is 71.2 Å². The lowest BCUT2D eigenvalue weighted by molar-refractivity contribution is -0.124. The van der Waals surface area contributed by atoms with Gasteiger partial charge in [0.2, 0.25) is 5.91 Å². The number of β-amino-alcohol motifs (C(OH)–C–C–N with tert-alkyl or cyclic N) is 1. The van der Waals surface area contributed by atoms with E-state index in [1.165, 1.54) is 10.5 Å². The van der Waals surface area contributed by atoms with Crippen molar-refractivity contribution in [1.82, 2.24) is 9.88 Å². The molecule has 5 rings (SSSR count). The van der Waals surface area contributed by atoms with Crippen LogP contribution in [-0.2, 0) is 9.53 Å². The largest absolute Gasteiger partial charge is 0.496 e. The van der Waals surface area contributed by atoms with Gasteiger partial charge in [-0.05, 0) is 111 Å². The highest BCUT2D eigenvalue weighted by molar-refractivity contribution is 8.08. The van der Waals surface area contributed by atoms with Crippen molar-refractivity contribution in [2.75, 3.05) is 31.6 Å². The third kappa shape index (κ3) is 8.82. The minimum absolute atomic E-state index is 0.103. The topological polar surface area (TPSA) is 118 Å². The Labute approximate surface area is 284 Å². The predicted molar refractivity (Wildman–Crippen MR) is 188 cm³/mol. The number of rotatable bonds is 11. The summed E-state index contributed by atoms with van der Waals surface area (Å²) in [6.07, 6.45) is 10.3. The molecule has 10 heteroatoms. The van der Waals surface area contributed by atoms with Crippen LogP contribution < -0.4 is 15.4 Å². The number of hydrogen-bond acceptors (Lipinski definition) is 8. The van der Waals surface area contributed by atoms with Crippen LogP contribution in [0.5, 0.6) is 5.75 Å². The number of carbonyl (C=O) groups is 2. The molecule has 1 aromatic heterocycles. The minimum atomic E-state index is -0.458. The number of aromatic nitrogens is 1. The summed E-state index contributed by atoms with van der Waals surface area (Å²) in [5.41, 5.74) is 9.60. The minimum Gasteiger partial charge on any atom is -0.496 e. The Bertz CT molecular complexity index is 1400. The smallest absolute Gasteiger partial charge is 0.410 e. The van der Waals surface area contributed by atoms with Crippen molar-refractivity contribution in [2.24, 2.45) is 17.6 Å². The van der Waals surface area contributed by atoms with Crippen LogP contribution in [0, 0.1) is 18.8 Å². The van der Waals surface area contributed by atoms with Crippen LogP contribution in [0.2, 0.25) is 0 Å². The fraction of sp³-hybridized carbons (Fsp3) is 0.595. The summed E-state index contributed by atoms with van der Waals surface area (Å²) >= 11 is 1.74. The maximum Gasteiger partial charge on any atom is 0.410 e. The average Bonchev–Trinajstić information content (AvgIpc) is 3.08. The Morgan fingerprint density at radius 2 is 1.83 bits per heavy atom. The lowest BCUT2D eigenvalue weighted by Gasteiger charge is -2.38. The fourth-order valence-corrected chi connectivity index (χ4v) is 8.02. The van der Waals surface area contributed by atoms with E-state index in [4.69, 9.17) is 20.2 Å². The van der Waals surface area contributed by atoms with Crippen molar-refractivity contribution in [2.45, 2.75) is 102 Å². The fourth-order valence-electron chi connectivity index (χ4n) is 7.08. The van der Waals surface area contributed by atoms with Gasteiger partial charge in [-0.1, -0.05) is 26.0 Å². The lowest BCUT2D eigenvalue weighted by Crippen LogP contribution is -2.54. The normalized spacial score (nSPS) is 24.3. The summed E-state index contributed by atoms with van der Waals surface area (Å²) in [4.78, 5) is 36.0. The number of likely N-dealkylation sites (tertiary alicyclic amines) is 1. The third-order valence-electron chi connectivity index (χ3n) is 10.2. The summed E-state index contributed by atoms with van der Waals surface area (Å²) in [5.74, 6) is 2.43. The van der Waals surface area contributed by atoms with Crippen molar-refractivity contribution in [3.63, 3.8) is 0 Å². The van der Waals surface area contributed by atoms with Gasteiger partial charge in [-0.15, -0.1) is 11.8 Å². The van der Waals surface area contributed by atoms with E-state index in [1.54, 1.807) is 31.3 Å². The van der Waals surface area contributed by atoms with Gasteiger partial charge in [0.15, 0.2) is 0 Å². The molecule has 3 N–H and O–H groups in total. The van der Waals surface area contributed by atoms with Gasteiger partial charge < -0.3 is 25.2 Å². The van der Waals surface area contributed by atoms with Gasteiger partial charge in [0.05, 0.1) is 26.3 Å². The van der Waals surface area contributed by atoms with E-state index >= 15 is 0 Å². The van der Waals surface area contributed by atoms with Gasteiger partial charge in [-0.2, -0.15) is 0 Å². The zero-order chi connectivity index (χ0) is 33.5. The predicted octanol–water partition coefficient (Wildman–Crippen LogP) is 6.87. The van der Waals surface area contributed by atoms with Crippen LogP contribution in [0.4, 0.5) is 10.6 Å². The molecule has 2 aliphatic carbocycles. The second-order valence-electron chi connectivity index (χ2n) is 13.6. The van der Waals surface area contributed by atoms with E-state index in [2.05, 4.69) is 39.0 Å². The molecule has 3 fully saturated rings. The number of aliphatic hydroxyl groups excluding tert-OH is 1. The summed E-state index contributed by atoms with van der Waals surface area (Å²) in [6.45, 7) is 7.74. The maximum absolute atomic E-state index is 14.3. The summed E-state index contributed by atoms with van der Waals surface area (Å²) in [5, 5.41) is 9.94. The molecule has 2 aromatic rings. The molecule has 1 aliphatic heterocycles. The summed E-state index contributed by atoms with van der Waals surface area (Å²) in [7, 11) is 1.71. The number of thioether (sulfide) groups is 1.